The number of allylic oxidation sites excluding steroid dienone is 4. The Morgan fingerprint density at radius 1 is 1.04 bits per heavy atom. The van der Waals surface area contributed by atoms with Crippen molar-refractivity contribution in [3.8, 4) is 5.75 Å². The van der Waals surface area contributed by atoms with Gasteiger partial charge in [-0.05, 0) is 99.3 Å². The molecular formula is C24H35F3O. The molecule has 158 valence electrons. The van der Waals surface area contributed by atoms with Crippen molar-refractivity contribution in [1.82, 2.24) is 0 Å². The summed E-state index contributed by atoms with van der Waals surface area (Å²) in [6, 6.07) is 6.28. The van der Waals surface area contributed by atoms with E-state index >= 15 is 0 Å². The Bertz CT molecular complexity index is 656. The predicted octanol–water partition coefficient (Wildman–Crippen LogP) is 8.42. The average molecular weight is 397 g/mol. The lowest BCUT2D eigenvalue weighted by Gasteiger charge is -2.35. The first-order valence-electron chi connectivity index (χ1n) is 10.1. The lowest BCUT2D eigenvalue weighted by atomic mass is 9.70. The van der Waals surface area contributed by atoms with Gasteiger partial charge in [0.05, 0.1) is 0 Å². The molecule has 0 aromatic heterocycles. The van der Waals surface area contributed by atoms with Gasteiger partial charge in [0, 0.05) is 1.43 Å². The predicted molar refractivity (Wildman–Crippen MR) is 112 cm³/mol. The number of hydrogen-bond donors (Lipinski definition) is 0. The van der Waals surface area contributed by atoms with Gasteiger partial charge in [-0.2, -0.15) is 0 Å². The summed E-state index contributed by atoms with van der Waals surface area (Å²) >= 11 is 0. The summed E-state index contributed by atoms with van der Waals surface area (Å²) in [5.41, 5.74) is 2.27. The summed E-state index contributed by atoms with van der Waals surface area (Å²) in [5, 5.41) is 0. The van der Waals surface area contributed by atoms with Crippen molar-refractivity contribution >= 4 is 5.57 Å². The summed E-state index contributed by atoms with van der Waals surface area (Å²) in [5.74, 6) is 2.32. The second-order valence-corrected chi connectivity index (χ2v) is 7.92. The van der Waals surface area contributed by atoms with Crippen molar-refractivity contribution in [3.63, 3.8) is 0 Å². The third kappa shape index (κ3) is 6.42. The molecule has 4 heteroatoms. The van der Waals surface area contributed by atoms with Crippen LogP contribution < -0.4 is 4.74 Å². The third-order valence-corrected chi connectivity index (χ3v) is 6.17. The van der Waals surface area contributed by atoms with E-state index in [1.54, 1.807) is 12.1 Å². The smallest absolute Gasteiger partial charge is 0.406 e. The van der Waals surface area contributed by atoms with E-state index in [-0.39, 0.29) is 14.6 Å². The number of alkyl halides is 3. The van der Waals surface area contributed by atoms with Gasteiger partial charge < -0.3 is 4.74 Å². The molecule has 0 spiro atoms. The second-order valence-electron chi connectivity index (χ2n) is 7.92. The van der Waals surface area contributed by atoms with Crippen molar-refractivity contribution in [3.05, 3.63) is 48.1 Å². The fourth-order valence-corrected chi connectivity index (χ4v) is 4.64. The van der Waals surface area contributed by atoms with Crippen LogP contribution in [0.3, 0.4) is 0 Å². The average Bonchev–Trinajstić information content (AvgIpc) is 2.66. The highest BCUT2D eigenvalue weighted by molar-refractivity contribution is 5.66. The molecule has 1 aromatic rings. The fourth-order valence-electron chi connectivity index (χ4n) is 4.64. The summed E-state index contributed by atoms with van der Waals surface area (Å²) in [6.45, 7) is 2.09. The van der Waals surface area contributed by atoms with E-state index in [1.807, 2.05) is 0 Å². The summed E-state index contributed by atoms with van der Waals surface area (Å²) in [6.07, 6.45) is 12.0. The largest absolute Gasteiger partial charge is 0.573 e. The number of rotatable bonds is 5. The van der Waals surface area contributed by atoms with Crippen LogP contribution in [0.5, 0.6) is 5.75 Å². The molecule has 0 saturated heterocycles. The van der Waals surface area contributed by atoms with Gasteiger partial charge in [0.25, 0.3) is 0 Å². The maximum Gasteiger partial charge on any atom is 0.573 e. The van der Waals surface area contributed by atoms with Gasteiger partial charge in [0.15, 0.2) is 0 Å². The van der Waals surface area contributed by atoms with E-state index in [4.69, 9.17) is 0 Å². The molecule has 2 aliphatic rings. The van der Waals surface area contributed by atoms with Gasteiger partial charge in [0.1, 0.15) is 5.75 Å². The van der Waals surface area contributed by atoms with Crippen molar-refractivity contribution < 1.29 is 19.3 Å². The van der Waals surface area contributed by atoms with Gasteiger partial charge in [-0.15, -0.1) is 13.2 Å². The minimum Gasteiger partial charge on any atom is -0.406 e. The Labute approximate surface area is 169 Å². The molecule has 1 atom stereocenters. The lowest BCUT2D eigenvalue weighted by Crippen LogP contribution is -2.23. The normalized spacial score (nSPS) is 25.9. The Kier molecular flexibility index (Phi) is 8.21. The summed E-state index contributed by atoms with van der Waals surface area (Å²) in [4.78, 5) is 0. The molecule has 1 nitrogen and oxygen atoms in total. The standard InChI is InChI=1S/C23H29F3O.CH4.H2/c1-2-3-4-17-5-7-18(8-6-17)19-9-11-20(12-10-19)21-13-15-22(16-14-21)27-23(24,25)26;;/h2-3,11,13-19H,4-10,12H2,1H3;1H4;1H/b3-2+;;. The monoisotopic (exact) mass is 396 g/mol. The second kappa shape index (κ2) is 10.2. The molecule has 3 rings (SSSR count). The molecule has 0 amide bonds. The zero-order valence-electron chi connectivity index (χ0n) is 16.0. The van der Waals surface area contributed by atoms with Crippen LogP contribution in [0.1, 0.15) is 72.7 Å². The van der Waals surface area contributed by atoms with E-state index in [2.05, 4.69) is 29.9 Å². The van der Waals surface area contributed by atoms with Crippen molar-refractivity contribution in [1.29, 1.82) is 0 Å². The van der Waals surface area contributed by atoms with Crippen LogP contribution in [0.4, 0.5) is 13.2 Å². The molecule has 0 aliphatic heterocycles. The minimum atomic E-state index is -4.63. The zero-order chi connectivity index (χ0) is 19.3. The molecule has 1 aromatic carbocycles. The highest BCUT2D eigenvalue weighted by Crippen LogP contribution is 2.42. The molecule has 0 N–H and O–H groups in total. The Morgan fingerprint density at radius 2 is 1.71 bits per heavy atom. The lowest BCUT2D eigenvalue weighted by molar-refractivity contribution is -0.274. The highest BCUT2D eigenvalue weighted by Gasteiger charge is 2.31. The first-order chi connectivity index (χ1) is 12.9. The minimum absolute atomic E-state index is 0. The van der Waals surface area contributed by atoms with Crippen molar-refractivity contribution in [2.75, 3.05) is 0 Å². The number of benzene rings is 1. The van der Waals surface area contributed by atoms with Gasteiger partial charge in [-0.25, -0.2) is 0 Å². The number of halogens is 3. The van der Waals surface area contributed by atoms with Gasteiger partial charge >= 0.3 is 6.36 Å². The van der Waals surface area contributed by atoms with Crippen LogP contribution >= 0.6 is 0 Å². The Balaban J connectivity index is 0.00000210. The van der Waals surface area contributed by atoms with E-state index in [9.17, 15) is 13.2 Å². The fraction of sp³-hybridized carbons (Fsp3) is 0.583. The van der Waals surface area contributed by atoms with Crippen molar-refractivity contribution in [2.45, 2.75) is 72.1 Å². The van der Waals surface area contributed by atoms with Crippen LogP contribution in [0.2, 0.25) is 0 Å². The van der Waals surface area contributed by atoms with Crippen LogP contribution in [0, 0.1) is 17.8 Å². The quantitative estimate of drug-likeness (QED) is 0.454. The Morgan fingerprint density at radius 3 is 2.25 bits per heavy atom. The van der Waals surface area contributed by atoms with E-state index in [1.165, 1.54) is 56.2 Å². The molecule has 0 radical (unpaired) electrons. The first kappa shape index (κ1) is 22.6. The van der Waals surface area contributed by atoms with Gasteiger partial charge in [-0.1, -0.05) is 37.8 Å². The highest BCUT2D eigenvalue weighted by atomic mass is 19.4. The molecule has 28 heavy (non-hydrogen) atoms. The molecule has 1 unspecified atom stereocenters. The van der Waals surface area contributed by atoms with Gasteiger partial charge in [0.2, 0.25) is 0 Å². The summed E-state index contributed by atoms with van der Waals surface area (Å²) in [7, 11) is 0. The molecule has 0 bridgehead atoms. The van der Waals surface area contributed by atoms with E-state index < -0.39 is 6.36 Å². The maximum atomic E-state index is 12.3. The SMILES string of the molecule is C.C/C=C/CC1CCC(C2CC=C(c3ccc(OC(F)(F)F)cc3)CC2)CC1.[HH]. The molecular weight excluding hydrogens is 361 g/mol. The van der Waals surface area contributed by atoms with Crippen LogP contribution in [-0.4, -0.2) is 6.36 Å². The molecule has 1 saturated carbocycles. The summed E-state index contributed by atoms with van der Waals surface area (Å²) < 4.78 is 40.7. The Hall–Kier alpha value is -1.71. The zero-order valence-corrected chi connectivity index (χ0v) is 16.0. The number of hydrogen-bond acceptors (Lipinski definition) is 1. The first-order valence-corrected chi connectivity index (χ1v) is 10.1. The topological polar surface area (TPSA) is 9.23 Å². The van der Waals surface area contributed by atoms with Crippen LogP contribution in [0.15, 0.2) is 42.5 Å². The molecule has 0 heterocycles. The molecule has 1 fully saturated rings. The third-order valence-electron chi connectivity index (χ3n) is 6.17. The van der Waals surface area contributed by atoms with Gasteiger partial charge in [-0.3, -0.25) is 0 Å². The molecule has 2 aliphatic carbocycles. The van der Waals surface area contributed by atoms with Crippen LogP contribution in [-0.2, 0) is 0 Å². The number of ether oxygens (including phenoxy) is 1. The van der Waals surface area contributed by atoms with E-state index in [0.717, 1.165) is 36.2 Å². The van der Waals surface area contributed by atoms with Crippen LogP contribution in [0.25, 0.3) is 5.57 Å². The maximum absolute atomic E-state index is 12.3. The van der Waals surface area contributed by atoms with E-state index in [0.29, 0.717) is 0 Å². The van der Waals surface area contributed by atoms with Crippen molar-refractivity contribution in [2.24, 2.45) is 17.8 Å².